The van der Waals surface area contributed by atoms with E-state index in [2.05, 4.69) is 4.72 Å². The first kappa shape index (κ1) is 18.6. The topological polar surface area (TPSA) is 113 Å². The summed E-state index contributed by atoms with van der Waals surface area (Å²) in [6.45, 7) is 0.677. The van der Waals surface area contributed by atoms with Gasteiger partial charge in [0.15, 0.2) is 6.61 Å². The van der Waals surface area contributed by atoms with Gasteiger partial charge in [0, 0.05) is 0 Å². The molecule has 2 N–H and O–H groups in total. The van der Waals surface area contributed by atoms with Crippen LogP contribution in [0, 0.1) is 12.7 Å². The summed E-state index contributed by atoms with van der Waals surface area (Å²) >= 11 is 0. The molecule has 0 fully saturated rings. The number of aliphatic carboxylic acids is 1. The van der Waals surface area contributed by atoms with Crippen LogP contribution in [0.25, 0.3) is 0 Å². The lowest BCUT2D eigenvalue weighted by molar-refractivity contribution is -0.137. The molecule has 0 saturated heterocycles. The van der Waals surface area contributed by atoms with Gasteiger partial charge in [-0.3, -0.25) is 19.2 Å². The first-order valence-corrected chi connectivity index (χ1v) is 9.23. The zero-order valence-electron chi connectivity index (χ0n) is 14.1. The molecule has 0 unspecified atom stereocenters. The van der Waals surface area contributed by atoms with E-state index in [1.165, 1.54) is 24.3 Å². The summed E-state index contributed by atoms with van der Waals surface area (Å²) < 4.78 is 46.5. The highest BCUT2D eigenvalue weighted by Gasteiger charge is 2.29. The maximum Gasteiger partial charge on any atom is 0.323 e. The number of sulfonamides is 1. The molecule has 1 heterocycles. The summed E-state index contributed by atoms with van der Waals surface area (Å²) in [6.07, 6.45) is 0. The van der Waals surface area contributed by atoms with E-state index in [1.54, 1.807) is 13.0 Å². The highest BCUT2D eigenvalue weighted by Crippen LogP contribution is 2.34. The Morgan fingerprint density at radius 1 is 1.30 bits per heavy atom. The van der Waals surface area contributed by atoms with Crippen molar-refractivity contribution in [2.75, 3.05) is 22.8 Å². The smallest absolute Gasteiger partial charge is 0.323 e. The summed E-state index contributed by atoms with van der Waals surface area (Å²) in [5, 5.41) is 8.98. The van der Waals surface area contributed by atoms with Crippen LogP contribution in [-0.2, 0) is 19.6 Å². The molecule has 10 heteroatoms. The number of aryl methyl sites for hydroxylation is 1. The van der Waals surface area contributed by atoms with Crippen molar-refractivity contribution in [2.45, 2.75) is 11.8 Å². The molecule has 1 aliphatic rings. The normalized spacial score (nSPS) is 13.7. The van der Waals surface area contributed by atoms with Gasteiger partial charge in [-0.25, -0.2) is 12.8 Å². The fourth-order valence-corrected chi connectivity index (χ4v) is 3.65. The molecule has 8 nitrogen and oxygen atoms in total. The Morgan fingerprint density at radius 3 is 2.70 bits per heavy atom. The van der Waals surface area contributed by atoms with Crippen LogP contribution in [0.2, 0.25) is 0 Å². The van der Waals surface area contributed by atoms with Gasteiger partial charge in [0.05, 0.1) is 16.3 Å². The van der Waals surface area contributed by atoms with Crippen LogP contribution in [0.4, 0.5) is 15.8 Å². The summed E-state index contributed by atoms with van der Waals surface area (Å²) in [5.41, 5.74) is 0.415. The first-order chi connectivity index (χ1) is 12.7. The number of hydrogen-bond donors (Lipinski definition) is 2. The predicted molar refractivity (Wildman–Crippen MR) is 93.9 cm³/mol. The van der Waals surface area contributed by atoms with Gasteiger partial charge in [-0.1, -0.05) is 6.07 Å². The minimum atomic E-state index is -4.18. The number of amides is 1. The van der Waals surface area contributed by atoms with Crippen molar-refractivity contribution in [2.24, 2.45) is 0 Å². The van der Waals surface area contributed by atoms with E-state index >= 15 is 0 Å². The minimum absolute atomic E-state index is 0.0147. The van der Waals surface area contributed by atoms with Gasteiger partial charge in [-0.05, 0) is 42.8 Å². The van der Waals surface area contributed by atoms with Gasteiger partial charge in [0.2, 0.25) is 0 Å². The number of ether oxygens (including phenoxy) is 1. The molecule has 1 aliphatic heterocycles. The van der Waals surface area contributed by atoms with E-state index < -0.39 is 34.3 Å². The number of carboxylic acids is 1. The SMILES string of the molecule is Cc1ccc(NS(=O)(=O)c2ccc3c(c2)N(CC(=O)O)C(=O)CO3)c(F)c1. The second-order valence-corrected chi connectivity index (χ2v) is 7.56. The summed E-state index contributed by atoms with van der Waals surface area (Å²) in [4.78, 5) is 23.6. The molecular weight excluding hydrogens is 379 g/mol. The van der Waals surface area contributed by atoms with E-state index in [4.69, 9.17) is 9.84 Å². The third-order valence-corrected chi connectivity index (χ3v) is 5.21. The molecule has 0 radical (unpaired) electrons. The van der Waals surface area contributed by atoms with E-state index in [9.17, 15) is 22.4 Å². The van der Waals surface area contributed by atoms with Crippen molar-refractivity contribution < 1.29 is 32.2 Å². The van der Waals surface area contributed by atoms with Gasteiger partial charge >= 0.3 is 5.97 Å². The lowest BCUT2D eigenvalue weighted by atomic mass is 10.2. The zero-order valence-corrected chi connectivity index (χ0v) is 14.9. The van der Waals surface area contributed by atoms with Gasteiger partial charge in [-0.15, -0.1) is 0 Å². The van der Waals surface area contributed by atoms with Gasteiger partial charge in [0.1, 0.15) is 18.1 Å². The second kappa shape index (κ2) is 6.88. The van der Waals surface area contributed by atoms with Crippen LogP contribution in [0.5, 0.6) is 5.75 Å². The highest BCUT2D eigenvalue weighted by atomic mass is 32.2. The number of benzene rings is 2. The Labute approximate surface area is 154 Å². The fraction of sp³-hybridized carbons (Fsp3) is 0.176. The Kier molecular flexibility index (Phi) is 4.75. The van der Waals surface area contributed by atoms with Crippen molar-refractivity contribution >= 4 is 33.3 Å². The maximum absolute atomic E-state index is 14.0. The molecule has 2 aromatic carbocycles. The highest BCUT2D eigenvalue weighted by molar-refractivity contribution is 7.92. The monoisotopic (exact) mass is 394 g/mol. The number of nitrogens with one attached hydrogen (secondary N) is 1. The van der Waals surface area contributed by atoms with Crippen molar-refractivity contribution in [1.29, 1.82) is 0 Å². The quantitative estimate of drug-likeness (QED) is 0.799. The van der Waals surface area contributed by atoms with E-state index in [-0.39, 0.29) is 28.6 Å². The predicted octanol–water partition coefficient (Wildman–Crippen LogP) is 1.74. The Hall–Kier alpha value is -3.14. The lowest BCUT2D eigenvalue weighted by Crippen LogP contribution is -2.42. The standard InChI is InChI=1S/C17H15FN2O6S/c1-10-2-4-13(12(18)6-10)19-27(24,25)11-3-5-15-14(7-11)20(8-17(22)23)16(21)9-26-15/h2-7,19H,8-9H2,1H3,(H,22,23). The van der Waals surface area contributed by atoms with E-state index in [1.807, 2.05) is 0 Å². The number of nitrogens with zero attached hydrogens (tertiary/aromatic N) is 1. The molecule has 0 aromatic heterocycles. The largest absolute Gasteiger partial charge is 0.482 e. The van der Waals surface area contributed by atoms with Crippen LogP contribution in [0.1, 0.15) is 5.56 Å². The first-order valence-electron chi connectivity index (χ1n) is 7.75. The number of rotatable bonds is 5. The number of carbonyl (C=O) groups excluding carboxylic acids is 1. The molecule has 0 aliphatic carbocycles. The van der Waals surface area contributed by atoms with Crippen molar-refractivity contribution in [3.63, 3.8) is 0 Å². The number of hydrogen-bond acceptors (Lipinski definition) is 5. The Bertz CT molecular complexity index is 1040. The van der Waals surface area contributed by atoms with Crippen LogP contribution in [-0.4, -0.2) is 38.6 Å². The van der Waals surface area contributed by atoms with Crippen LogP contribution in [0.3, 0.4) is 0 Å². The molecule has 2 aromatic rings. The molecular formula is C17H15FN2O6S. The number of carboxylic acid groups (broad SMARTS) is 1. The molecule has 3 rings (SSSR count). The van der Waals surface area contributed by atoms with Crippen molar-refractivity contribution in [3.8, 4) is 5.75 Å². The van der Waals surface area contributed by atoms with Crippen LogP contribution in [0.15, 0.2) is 41.3 Å². The molecule has 0 bridgehead atoms. The number of carbonyl (C=O) groups is 2. The third kappa shape index (κ3) is 3.85. The molecule has 1 amide bonds. The zero-order chi connectivity index (χ0) is 19.8. The van der Waals surface area contributed by atoms with Crippen LogP contribution >= 0.6 is 0 Å². The second-order valence-electron chi connectivity index (χ2n) is 5.88. The molecule has 0 atom stereocenters. The van der Waals surface area contributed by atoms with E-state index in [0.717, 1.165) is 11.0 Å². The maximum atomic E-state index is 14.0. The van der Waals surface area contributed by atoms with Gasteiger partial charge in [-0.2, -0.15) is 0 Å². The van der Waals surface area contributed by atoms with Crippen molar-refractivity contribution in [1.82, 2.24) is 0 Å². The molecule has 27 heavy (non-hydrogen) atoms. The van der Waals surface area contributed by atoms with Crippen molar-refractivity contribution in [3.05, 3.63) is 47.8 Å². The van der Waals surface area contributed by atoms with Crippen LogP contribution < -0.4 is 14.4 Å². The lowest BCUT2D eigenvalue weighted by Gasteiger charge is -2.28. The molecule has 142 valence electrons. The number of anilines is 2. The summed E-state index contributed by atoms with van der Waals surface area (Å²) in [6, 6.07) is 7.69. The van der Waals surface area contributed by atoms with E-state index in [0.29, 0.717) is 5.56 Å². The molecule has 0 spiro atoms. The molecule has 0 saturated carbocycles. The summed E-state index contributed by atoms with van der Waals surface area (Å²) in [7, 11) is -4.18. The minimum Gasteiger partial charge on any atom is -0.482 e. The average Bonchev–Trinajstić information content (AvgIpc) is 2.59. The third-order valence-electron chi connectivity index (χ3n) is 3.85. The average molecular weight is 394 g/mol. The number of halogens is 1. The summed E-state index contributed by atoms with van der Waals surface area (Å²) in [5.74, 6) is -2.43. The number of fused-ring (bicyclic) bond motifs is 1. The fourth-order valence-electron chi connectivity index (χ4n) is 2.56. The Balaban J connectivity index is 1.98. The Morgan fingerprint density at radius 2 is 2.04 bits per heavy atom. The van der Waals surface area contributed by atoms with Gasteiger partial charge in [0.25, 0.3) is 15.9 Å². The van der Waals surface area contributed by atoms with Gasteiger partial charge < -0.3 is 9.84 Å².